The van der Waals surface area contributed by atoms with Gasteiger partial charge in [-0.3, -0.25) is 0 Å². The molecule has 0 aliphatic rings. The van der Waals surface area contributed by atoms with Crippen LogP contribution in [0.4, 0.5) is 0 Å². The third-order valence-corrected chi connectivity index (χ3v) is 13.1. The SMILES string of the molecule is CC(C)[Si](Oc1ccc(-c2ccc(C=O)[se]2)cc1)(C(C)C)C(C)C. The van der Waals surface area contributed by atoms with E-state index in [0.717, 1.165) is 16.5 Å². The summed E-state index contributed by atoms with van der Waals surface area (Å²) in [5.74, 6) is 0.983. The van der Waals surface area contributed by atoms with E-state index in [2.05, 4.69) is 71.9 Å². The van der Waals surface area contributed by atoms with Gasteiger partial charge in [-0.25, -0.2) is 0 Å². The molecule has 0 saturated heterocycles. The molecular weight excluding hydrogens is 379 g/mol. The normalized spacial score (nSPS) is 12.2. The first-order chi connectivity index (χ1) is 11.3. The monoisotopic (exact) mass is 408 g/mol. The standard InChI is InChI=1S/C20H28O2SeSi/c1-14(2)24(15(3)4,16(5)6)22-18-9-7-17(8-10-18)20-12-11-19(13-21)23-20/h7-16H,1-6H3. The van der Waals surface area contributed by atoms with Crippen molar-refractivity contribution in [2.45, 2.75) is 58.2 Å². The summed E-state index contributed by atoms with van der Waals surface area (Å²) >= 11 is 0.135. The summed E-state index contributed by atoms with van der Waals surface area (Å²) in [6, 6.07) is 12.4. The zero-order valence-electron chi connectivity index (χ0n) is 15.5. The topological polar surface area (TPSA) is 26.3 Å². The van der Waals surface area contributed by atoms with Gasteiger partial charge in [-0.05, 0) is 0 Å². The molecule has 2 nitrogen and oxygen atoms in total. The summed E-state index contributed by atoms with van der Waals surface area (Å²) in [7, 11) is -1.90. The summed E-state index contributed by atoms with van der Waals surface area (Å²) in [5.41, 5.74) is 2.90. The molecule has 2 aromatic rings. The van der Waals surface area contributed by atoms with Crippen LogP contribution in [-0.2, 0) is 0 Å². The van der Waals surface area contributed by atoms with E-state index in [1.165, 1.54) is 10.0 Å². The Kier molecular flexibility index (Phi) is 6.30. The van der Waals surface area contributed by atoms with E-state index >= 15 is 0 Å². The van der Waals surface area contributed by atoms with Gasteiger partial charge in [0.2, 0.25) is 0 Å². The van der Waals surface area contributed by atoms with Crippen molar-refractivity contribution in [2.75, 3.05) is 0 Å². The van der Waals surface area contributed by atoms with Crippen molar-refractivity contribution in [2.24, 2.45) is 0 Å². The molecule has 0 saturated carbocycles. The van der Waals surface area contributed by atoms with E-state index in [1.807, 2.05) is 6.07 Å². The number of hydrogen-bond acceptors (Lipinski definition) is 2. The minimum absolute atomic E-state index is 0.135. The van der Waals surface area contributed by atoms with Gasteiger partial charge in [-0.1, -0.05) is 0 Å². The van der Waals surface area contributed by atoms with E-state index in [4.69, 9.17) is 4.43 Å². The fourth-order valence-corrected chi connectivity index (χ4v) is 10.8. The second kappa shape index (κ2) is 7.86. The van der Waals surface area contributed by atoms with E-state index in [1.54, 1.807) is 0 Å². The number of hydrogen-bond donors (Lipinski definition) is 0. The molecule has 0 atom stereocenters. The van der Waals surface area contributed by atoms with Crippen LogP contribution >= 0.6 is 0 Å². The fourth-order valence-electron chi connectivity index (χ4n) is 3.82. The Bertz CT molecular complexity index is 649. The molecule has 0 bridgehead atoms. The molecule has 4 heteroatoms. The molecule has 0 amide bonds. The molecule has 0 aliphatic carbocycles. The number of aldehydes is 1. The zero-order chi connectivity index (χ0) is 17.9. The van der Waals surface area contributed by atoms with Crippen LogP contribution in [0, 0.1) is 0 Å². The van der Waals surface area contributed by atoms with Gasteiger partial charge >= 0.3 is 153 Å². The van der Waals surface area contributed by atoms with Crippen molar-refractivity contribution in [1.82, 2.24) is 0 Å². The molecule has 0 fully saturated rings. The second-order valence-corrected chi connectivity index (χ2v) is 15.0. The van der Waals surface area contributed by atoms with Crippen molar-refractivity contribution in [1.29, 1.82) is 0 Å². The molecule has 24 heavy (non-hydrogen) atoms. The Morgan fingerprint density at radius 2 is 1.42 bits per heavy atom. The number of carbonyl (C=O) groups excluding carboxylic acids is 1. The van der Waals surface area contributed by atoms with Crippen LogP contribution in [0.3, 0.4) is 0 Å². The third-order valence-electron chi connectivity index (χ3n) is 4.88. The Morgan fingerprint density at radius 1 is 0.875 bits per heavy atom. The Hall–Kier alpha value is -1.09. The van der Waals surface area contributed by atoms with Crippen LogP contribution < -0.4 is 4.43 Å². The van der Waals surface area contributed by atoms with Crippen LogP contribution in [0.25, 0.3) is 10.0 Å². The number of carbonyl (C=O) groups is 1. The maximum absolute atomic E-state index is 10.9. The molecule has 1 aromatic carbocycles. The van der Waals surface area contributed by atoms with Gasteiger partial charge in [-0.2, -0.15) is 0 Å². The van der Waals surface area contributed by atoms with Crippen molar-refractivity contribution < 1.29 is 9.22 Å². The van der Waals surface area contributed by atoms with Crippen molar-refractivity contribution in [3.05, 3.63) is 40.8 Å². The van der Waals surface area contributed by atoms with Crippen LogP contribution in [0.1, 0.15) is 50.8 Å². The molecule has 130 valence electrons. The Balaban J connectivity index is 2.27. The number of rotatable bonds is 7. The summed E-state index contributed by atoms with van der Waals surface area (Å²) in [6.07, 6.45) is 0.967. The first kappa shape index (κ1) is 19.2. The minimum atomic E-state index is -1.90. The quantitative estimate of drug-likeness (QED) is 0.430. The van der Waals surface area contributed by atoms with Crippen molar-refractivity contribution in [3.8, 4) is 15.8 Å². The zero-order valence-corrected chi connectivity index (χ0v) is 18.2. The van der Waals surface area contributed by atoms with Crippen molar-refractivity contribution >= 4 is 29.1 Å². The molecular formula is C20H28O2SeSi. The molecule has 0 radical (unpaired) electrons. The van der Waals surface area contributed by atoms with Crippen LogP contribution in [-0.4, -0.2) is 29.1 Å². The summed E-state index contributed by atoms with van der Waals surface area (Å²) in [6.45, 7) is 13.8. The molecule has 1 heterocycles. The van der Waals surface area contributed by atoms with Gasteiger partial charge < -0.3 is 0 Å². The molecule has 1 aromatic heterocycles. The predicted molar refractivity (Wildman–Crippen MR) is 106 cm³/mol. The summed E-state index contributed by atoms with van der Waals surface area (Å²) < 4.78 is 8.87. The molecule has 0 aliphatic heterocycles. The second-order valence-electron chi connectivity index (χ2n) is 7.26. The van der Waals surface area contributed by atoms with E-state index in [9.17, 15) is 4.79 Å². The van der Waals surface area contributed by atoms with Crippen LogP contribution in [0.2, 0.25) is 16.6 Å². The van der Waals surface area contributed by atoms with E-state index < -0.39 is 8.32 Å². The van der Waals surface area contributed by atoms with Crippen LogP contribution in [0.5, 0.6) is 5.75 Å². The summed E-state index contributed by atoms with van der Waals surface area (Å²) in [5, 5.41) is 0. The Morgan fingerprint density at radius 3 is 1.83 bits per heavy atom. The molecule has 2 rings (SSSR count). The molecule has 0 N–H and O–H groups in total. The average molecular weight is 407 g/mol. The summed E-state index contributed by atoms with van der Waals surface area (Å²) in [4.78, 5) is 10.9. The van der Waals surface area contributed by atoms with E-state index in [0.29, 0.717) is 16.6 Å². The predicted octanol–water partition coefficient (Wildman–Crippen LogP) is 5.78. The molecule has 0 spiro atoms. The Labute approximate surface area is 153 Å². The first-order valence-corrected chi connectivity index (χ1v) is 12.5. The molecule has 0 unspecified atom stereocenters. The van der Waals surface area contributed by atoms with Gasteiger partial charge in [0.05, 0.1) is 0 Å². The van der Waals surface area contributed by atoms with E-state index in [-0.39, 0.29) is 14.5 Å². The third kappa shape index (κ3) is 3.77. The van der Waals surface area contributed by atoms with Gasteiger partial charge in [0.25, 0.3) is 0 Å². The van der Waals surface area contributed by atoms with Crippen molar-refractivity contribution in [3.63, 3.8) is 0 Å². The van der Waals surface area contributed by atoms with Crippen LogP contribution in [0.15, 0.2) is 36.4 Å². The first-order valence-electron chi connectivity index (χ1n) is 8.65. The average Bonchev–Trinajstić information content (AvgIpc) is 3.01. The van der Waals surface area contributed by atoms with Gasteiger partial charge in [-0.15, -0.1) is 0 Å². The fraction of sp³-hybridized carbons (Fsp3) is 0.450. The number of benzene rings is 1. The van der Waals surface area contributed by atoms with Gasteiger partial charge in [0.1, 0.15) is 0 Å². The van der Waals surface area contributed by atoms with Gasteiger partial charge in [0.15, 0.2) is 0 Å². The maximum atomic E-state index is 10.9. The van der Waals surface area contributed by atoms with Gasteiger partial charge in [0, 0.05) is 0 Å².